The molecule has 7 heteroatoms. The van der Waals surface area contributed by atoms with Crippen molar-refractivity contribution in [2.24, 2.45) is 0 Å². The molecule has 4 rings (SSSR count). The Morgan fingerprint density at radius 1 is 0.903 bits per heavy atom. The van der Waals surface area contributed by atoms with Gasteiger partial charge in [0.25, 0.3) is 11.8 Å². The molecule has 6 nitrogen and oxygen atoms in total. The molecule has 2 aromatic carbocycles. The second kappa shape index (κ2) is 8.94. The fourth-order valence-corrected chi connectivity index (χ4v) is 3.87. The number of nitrogens with zero attached hydrogens (tertiary/aromatic N) is 4. The van der Waals surface area contributed by atoms with E-state index in [-0.39, 0.29) is 11.8 Å². The maximum Gasteiger partial charge on any atom is 0.257 e. The molecule has 0 atom stereocenters. The van der Waals surface area contributed by atoms with Crippen LogP contribution in [0.15, 0.2) is 60.9 Å². The number of aromatic nitrogens is 2. The van der Waals surface area contributed by atoms with Crippen molar-refractivity contribution in [1.29, 1.82) is 0 Å². The van der Waals surface area contributed by atoms with Gasteiger partial charge in [-0.2, -0.15) is 5.10 Å². The van der Waals surface area contributed by atoms with Crippen LogP contribution >= 0.6 is 11.6 Å². The van der Waals surface area contributed by atoms with Crippen molar-refractivity contribution < 1.29 is 9.59 Å². The molecule has 1 saturated heterocycles. The lowest BCUT2D eigenvalue weighted by molar-refractivity contribution is 0.0535. The van der Waals surface area contributed by atoms with E-state index in [1.54, 1.807) is 34.1 Å². The van der Waals surface area contributed by atoms with E-state index in [4.69, 9.17) is 11.6 Å². The van der Waals surface area contributed by atoms with Gasteiger partial charge in [0.05, 0.1) is 17.4 Å². The van der Waals surface area contributed by atoms with Gasteiger partial charge in [-0.25, -0.2) is 4.68 Å². The molecule has 31 heavy (non-hydrogen) atoms. The van der Waals surface area contributed by atoms with Crippen LogP contribution in [-0.4, -0.2) is 57.6 Å². The Labute approximate surface area is 187 Å². The van der Waals surface area contributed by atoms with Crippen LogP contribution in [0.4, 0.5) is 0 Å². The zero-order chi connectivity index (χ0) is 22.0. The van der Waals surface area contributed by atoms with Gasteiger partial charge in [0, 0.05) is 43.0 Å². The fourth-order valence-electron chi connectivity index (χ4n) is 3.68. The molecule has 0 unspecified atom stereocenters. The van der Waals surface area contributed by atoms with Crippen molar-refractivity contribution in [3.63, 3.8) is 0 Å². The Balaban J connectivity index is 1.37. The molecule has 1 fully saturated rings. The molecule has 1 aliphatic rings. The summed E-state index contributed by atoms with van der Waals surface area (Å²) in [5, 5.41) is 4.90. The maximum atomic E-state index is 12.9. The minimum Gasteiger partial charge on any atom is -0.335 e. The largest absolute Gasteiger partial charge is 0.335 e. The number of hydrogen-bond acceptors (Lipinski definition) is 3. The van der Waals surface area contributed by atoms with Gasteiger partial charge in [0.1, 0.15) is 0 Å². The van der Waals surface area contributed by atoms with E-state index >= 15 is 0 Å². The predicted octanol–water partition coefficient (Wildman–Crippen LogP) is 4.25. The Kier molecular flexibility index (Phi) is 6.09. The first-order valence-electron chi connectivity index (χ1n) is 10.4. The molecule has 1 aliphatic heterocycles. The summed E-state index contributed by atoms with van der Waals surface area (Å²) in [6.45, 7) is 6.28. The summed E-state index contributed by atoms with van der Waals surface area (Å²) < 4.78 is 1.64. The van der Waals surface area contributed by atoms with E-state index in [0.717, 1.165) is 5.69 Å². The second-order valence-electron chi connectivity index (χ2n) is 8.01. The quantitative estimate of drug-likeness (QED) is 0.614. The summed E-state index contributed by atoms with van der Waals surface area (Å²) in [7, 11) is 0. The average Bonchev–Trinajstić information content (AvgIpc) is 3.29. The zero-order valence-corrected chi connectivity index (χ0v) is 18.4. The van der Waals surface area contributed by atoms with E-state index in [9.17, 15) is 9.59 Å². The molecule has 0 aliphatic carbocycles. The standard InChI is InChI=1S/C24H25ClN4O2/c1-17(2)18-6-8-19(9-7-18)23(30)27-10-12-28(13-11-27)24(31)20-15-26-29(16-20)22-5-3-4-21(25)14-22/h3-9,14-17H,10-13H2,1-2H3. The molecule has 0 spiro atoms. The number of rotatable bonds is 4. The molecule has 2 heterocycles. The van der Waals surface area contributed by atoms with Gasteiger partial charge < -0.3 is 9.80 Å². The van der Waals surface area contributed by atoms with Gasteiger partial charge in [-0.3, -0.25) is 9.59 Å². The summed E-state index contributed by atoms with van der Waals surface area (Å²) >= 11 is 6.04. The molecule has 0 saturated carbocycles. The topological polar surface area (TPSA) is 58.4 Å². The van der Waals surface area contributed by atoms with Gasteiger partial charge in [0.2, 0.25) is 0 Å². The van der Waals surface area contributed by atoms with E-state index in [2.05, 4.69) is 18.9 Å². The van der Waals surface area contributed by atoms with Crippen LogP contribution in [0.25, 0.3) is 5.69 Å². The Morgan fingerprint density at radius 3 is 2.10 bits per heavy atom. The number of halogens is 1. The van der Waals surface area contributed by atoms with Crippen molar-refractivity contribution >= 4 is 23.4 Å². The van der Waals surface area contributed by atoms with Crippen LogP contribution in [0.1, 0.15) is 46.0 Å². The predicted molar refractivity (Wildman–Crippen MR) is 121 cm³/mol. The van der Waals surface area contributed by atoms with Gasteiger partial charge in [0.15, 0.2) is 0 Å². The Hall–Kier alpha value is -3.12. The number of hydrogen-bond donors (Lipinski definition) is 0. The molecule has 2 amide bonds. The second-order valence-corrected chi connectivity index (χ2v) is 8.45. The van der Waals surface area contributed by atoms with Crippen LogP contribution in [0.2, 0.25) is 5.02 Å². The molecule has 0 radical (unpaired) electrons. The van der Waals surface area contributed by atoms with Crippen LogP contribution < -0.4 is 0 Å². The summed E-state index contributed by atoms with van der Waals surface area (Å²) in [5.41, 5.74) is 3.21. The molecule has 3 aromatic rings. The lowest BCUT2D eigenvalue weighted by atomic mass is 10.0. The van der Waals surface area contributed by atoms with E-state index in [1.165, 1.54) is 5.56 Å². The van der Waals surface area contributed by atoms with Crippen molar-refractivity contribution in [2.75, 3.05) is 26.2 Å². The molecule has 0 bridgehead atoms. The third-order valence-corrected chi connectivity index (χ3v) is 5.82. The van der Waals surface area contributed by atoms with Crippen molar-refractivity contribution in [1.82, 2.24) is 19.6 Å². The van der Waals surface area contributed by atoms with Crippen molar-refractivity contribution in [3.05, 3.63) is 82.6 Å². The Morgan fingerprint density at radius 2 is 1.52 bits per heavy atom. The van der Waals surface area contributed by atoms with Gasteiger partial charge in [-0.1, -0.05) is 43.6 Å². The fraction of sp³-hybridized carbons (Fsp3) is 0.292. The number of piperazine rings is 1. The summed E-state index contributed by atoms with van der Waals surface area (Å²) in [4.78, 5) is 29.3. The van der Waals surface area contributed by atoms with Crippen LogP contribution in [0.5, 0.6) is 0 Å². The number of carbonyl (C=O) groups is 2. The molecular formula is C24H25ClN4O2. The monoisotopic (exact) mass is 436 g/mol. The maximum absolute atomic E-state index is 12.9. The summed E-state index contributed by atoms with van der Waals surface area (Å²) in [6.07, 6.45) is 3.28. The number of carbonyl (C=O) groups excluding carboxylic acids is 2. The van der Waals surface area contributed by atoms with Crippen LogP contribution in [0, 0.1) is 0 Å². The Bertz CT molecular complexity index is 1080. The lowest BCUT2D eigenvalue weighted by Gasteiger charge is -2.34. The molecular weight excluding hydrogens is 412 g/mol. The minimum atomic E-state index is -0.0818. The average molecular weight is 437 g/mol. The van der Waals surface area contributed by atoms with Gasteiger partial charge in [-0.05, 0) is 41.8 Å². The summed E-state index contributed by atoms with van der Waals surface area (Å²) in [5.74, 6) is 0.361. The highest BCUT2D eigenvalue weighted by Gasteiger charge is 2.26. The van der Waals surface area contributed by atoms with E-state index in [1.807, 2.05) is 41.3 Å². The van der Waals surface area contributed by atoms with Gasteiger partial charge >= 0.3 is 0 Å². The lowest BCUT2D eigenvalue weighted by Crippen LogP contribution is -2.50. The minimum absolute atomic E-state index is 0.0104. The van der Waals surface area contributed by atoms with Crippen molar-refractivity contribution in [3.8, 4) is 5.69 Å². The summed E-state index contributed by atoms with van der Waals surface area (Å²) in [6, 6.07) is 15.1. The molecule has 0 N–H and O–H groups in total. The van der Waals surface area contributed by atoms with Crippen LogP contribution in [-0.2, 0) is 0 Å². The highest BCUT2D eigenvalue weighted by atomic mass is 35.5. The van der Waals surface area contributed by atoms with E-state index < -0.39 is 0 Å². The normalized spacial score (nSPS) is 14.2. The highest BCUT2D eigenvalue weighted by Crippen LogP contribution is 2.18. The highest BCUT2D eigenvalue weighted by molar-refractivity contribution is 6.30. The third-order valence-electron chi connectivity index (χ3n) is 5.58. The van der Waals surface area contributed by atoms with Gasteiger partial charge in [-0.15, -0.1) is 0 Å². The van der Waals surface area contributed by atoms with Crippen LogP contribution in [0.3, 0.4) is 0 Å². The SMILES string of the molecule is CC(C)c1ccc(C(=O)N2CCN(C(=O)c3cnn(-c4cccc(Cl)c4)c3)CC2)cc1. The first-order valence-corrected chi connectivity index (χ1v) is 10.8. The van der Waals surface area contributed by atoms with E-state index in [0.29, 0.717) is 48.2 Å². The number of benzene rings is 2. The number of amides is 2. The molecule has 160 valence electrons. The molecule has 1 aromatic heterocycles. The smallest absolute Gasteiger partial charge is 0.257 e. The first-order chi connectivity index (χ1) is 14.9. The zero-order valence-electron chi connectivity index (χ0n) is 17.7. The van der Waals surface area contributed by atoms with Crippen molar-refractivity contribution in [2.45, 2.75) is 19.8 Å². The third kappa shape index (κ3) is 4.64. The first kappa shape index (κ1) is 21.1.